The van der Waals surface area contributed by atoms with Gasteiger partial charge in [0.2, 0.25) is 0 Å². The van der Waals surface area contributed by atoms with Gasteiger partial charge in [-0.3, -0.25) is 0 Å². The number of aryl methyl sites for hydroxylation is 1. The van der Waals surface area contributed by atoms with E-state index in [4.69, 9.17) is 0 Å². The third-order valence-electron chi connectivity index (χ3n) is 3.55. The maximum absolute atomic E-state index is 10.7. The summed E-state index contributed by atoms with van der Waals surface area (Å²) in [6, 6.07) is 8.57. The summed E-state index contributed by atoms with van der Waals surface area (Å²) in [5, 5.41) is 0. The highest BCUT2D eigenvalue weighted by Crippen LogP contribution is 2.58. The van der Waals surface area contributed by atoms with E-state index in [-0.39, 0.29) is 0 Å². The number of carbonyl (C=O) groups is 1. The van der Waals surface area contributed by atoms with Crippen molar-refractivity contribution in [1.82, 2.24) is 0 Å². The Labute approximate surface area is 77.8 Å². The minimum absolute atomic E-state index is 0.337. The van der Waals surface area contributed by atoms with E-state index in [0.717, 1.165) is 6.29 Å². The molecule has 1 aromatic carbocycles. The summed E-state index contributed by atoms with van der Waals surface area (Å²) in [5.41, 5.74) is 2.91. The Hall–Kier alpha value is -1.11. The van der Waals surface area contributed by atoms with Gasteiger partial charge in [0, 0.05) is 5.92 Å². The van der Waals surface area contributed by atoms with Gasteiger partial charge < -0.3 is 4.79 Å². The monoisotopic (exact) mass is 172 g/mol. The van der Waals surface area contributed by atoms with Gasteiger partial charge in [0.25, 0.3) is 0 Å². The maximum Gasteiger partial charge on any atom is 0.123 e. The fraction of sp³-hybridized carbons (Fsp3) is 0.417. The molecule has 2 aliphatic rings. The average molecular weight is 172 g/mol. The Morgan fingerprint density at radius 1 is 1.31 bits per heavy atom. The molecule has 0 radical (unpaired) electrons. The van der Waals surface area contributed by atoms with Crippen LogP contribution in [0.3, 0.4) is 0 Å². The Kier molecular flexibility index (Phi) is 1.37. The van der Waals surface area contributed by atoms with Gasteiger partial charge in [-0.25, -0.2) is 0 Å². The largest absolute Gasteiger partial charge is 0.303 e. The zero-order valence-electron chi connectivity index (χ0n) is 7.44. The molecule has 1 nitrogen and oxygen atoms in total. The van der Waals surface area contributed by atoms with Gasteiger partial charge >= 0.3 is 0 Å². The fourth-order valence-corrected chi connectivity index (χ4v) is 2.81. The summed E-state index contributed by atoms with van der Waals surface area (Å²) < 4.78 is 0. The number of fused-ring (bicyclic) bond motifs is 3. The standard InChI is InChI=1S/C12H12O/c13-7-11-10-6-5-8-3-1-2-4-9(8)12(10)11/h1-4,7,10-12H,5-6H2. The van der Waals surface area contributed by atoms with Gasteiger partial charge in [0.15, 0.2) is 0 Å². The molecular weight excluding hydrogens is 160 g/mol. The summed E-state index contributed by atoms with van der Waals surface area (Å²) in [5.74, 6) is 1.58. The molecule has 0 amide bonds. The molecule has 1 aromatic rings. The molecule has 2 aliphatic carbocycles. The summed E-state index contributed by atoms with van der Waals surface area (Å²) in [6.45, 7) is 0. The summed E-state index contributed by atoms with van der Waals surface area (Å²) in [6.07, 6.45) is 3.53. The van der Waals surface area contributed by atoms with E-state index in [1.165, 1.54) is 24.0 Å². The fourth-order valence-electron chi connectivity index (χ4n) is 2.81. The molecular formula is C12H12O. The molecule has 66 valence electrons. The number of hydrogen-bond acceptors (Lipinski definition) is 1. The molecule has 0 aromatic heterocycles. The second-order valence-electron chi connectivity index (χ2n) is 4.14. The Morgan fingerprint density at radius 2 is 2.15 bits per heavy atom. The van der Waals surface area contributed by atoms with Gasteiger partial charge in [0.05, 0.1) is 0 Å². The molecule has 0 spiro atoms. The van der Waals surface area contributed by atoms with Crippen molar-refractivity contribution in [2.45, 2.75) is 18.8 Å². The van der Waals surface area contributed by atoms with Crippen LogP contribution in [-0.2, 0) is 11.2 Å². The lowest BCUT2D eigenvalue weighted by molar-refractivity contribution is -0.109. The quantitative estimate of drug-likeness (QED) is 0.593. The molecule has 1 fully saturated rings. The highest BCUT2D eigenvalue weighted by atomic mass is 16.1. The van der Waals surface area contributed by atoms with Gasteiger partial charge in [-0.05, 0) is 35.8 Å². The van der Waals surface area contributed by atoms with E-state index in [2.05, 4.69) is 24.3 Å². The first-order valence-corrected chi connectivity index (χ1v) is 4.95. The molecule has 13 heavy (non-hydrogen) atoms. The van der Waals surface area contributed by atoms with E-state index < -0.39 is 0 Å². The molecule has 0 aliphatic heterocycles. The van der Waals surface area contributed by atoms with Crippen LogP contribution in [0, 0.1) is 11.8 Å². The van der Waals surface area contributed by atoms with E-state index in [0.29, 0.717) is 17.8 Å². The Bertz CT molecular complexity index is 356. The lowest BCUT2D eigenvalue weighted by atomic mass is 9.92. The lowest BCUT2D eigenvalue weighted by Gasteiger charge is -2.13. The molecule has 1 heteroatoms. The van der Waals surface area contributed by atoms with Crippen LogP contribution in [0.1, 0.15) is 23.5 Å². The third kappa shape index (κ3) is 0.902. The van der Waals surface area contributed by atoms with Crippen molar-refractivity contribution in [2.24, 2.45) is 11.8 Å². The van der Waals surface area contributed by atoms with Crippen molar-refractivity contribution in [3.63, 3.8) is 0 Å². The van der Waals surface area contributed by atoms with E-state index >= 15 is 0 Å². The van der Waals surface area contributed by atoms with Crippen LogP contribution >= 0.6 is 0 Å². The summed E-state index contributed by atoms with van der Waals surface area (Å²) >= 11 is 0. The van der Waals surface area contributed by atoms with Crippen LogP contribution < -0.4 is 0 Å². The van der Waals surface area contributed by atoms with E-state index in [9.17, 15) is 4.79 Å². The van der Waals surface area contributed by atoms with Gasteiger partial charge in [-0.1, -0.05) is 24.3 Å². The molecule has 0 N–H and O–H groups in total. The Balaban J connectivity index is 2.05. The number of rotatable bonds is 1. The van der Waals surface area contributed by atoms with Crippen LogP contribution in [-0.4, -0.2) is 6.29 Å². The lowest BCUT2D eigenvalue weighted by Crippen LogP contribution is -2.00. The van der Waals surface area contributed by atoms with Crippen molar-refractivity contribution in [1.29, 1.82) is 0 Å². The van der Waals surface area contributed by atoms with Gasteiger partial charge in [-0.2, -0.15) is 0 Å². The average Bonchev–Trinajstić information content (AvgIpc) is 2.91. The second kappa shape index (κ2) is 2.44. The zero-order valence-corrected chi connectivity index (χ0v) is 7.44. The van der Waals surface area contributed by atoms with Crippen molar-refractivity contribution in [2.75, 3.05) is 0 Å². The van der Waals surface area contributed by atoms with Crippen LogP contribution in [0.4, 0.5) is 0 Å². The number of benzene rings is 1. The highest BCUT2D eigenvalue weighted by Gasteiger charge is 2.52. The van der Waals surface area contributed by atoms with Crippen LogP contribution in [0.5, 0.6) is 0 Å². The smallest absolute Gasteiger partial charge is 0.123 e. The third-order valence-corrected chi connectivity index (χ3v) is 3.55. The van der Waals surface area contributed by atoms with Crippen LogP contribution in [0.2, 0.25) is 0 Å². The first-order valence-electron chi connectivity index (χ1n) is 4.95. The normalized spacial score (nSPS) is 34.6. The minimum atomic E-state index is 0.337. The first-order chi connectivity index (χ1) is 6.42. The minimum Gasteiger partial charge on any atom is -0.303 e. The molecule has 3 unspecified atom stereocenters. The van der Waals surface area contributed by atoms with Crippen molar-refractivity contribution in [3.8, 4) is 0 Å². The van der Waals surface area contributed by atoms with Crippen molar-refractivity contribution < 1.29 is 4.79 Å². The highest BCUT2D eigenvalue weighted by molar-refractivity contribution is 5.64. The number of hydrogen-bond donors (Lipinski definition) is 0. The van der Waals surface area contributed by atoms with Crippen LogP contribution in [0.25, 0.3) is 0 Å². The number of aldehydes is 1. The second-order valence-corrected chi connectivity index (χ2v) is 4.14. The summed E-state index contributed by atoms with van der Waals surface area (Å²) in [7, 11) is 0. The SMILES string of the molecule is O=CC1C2CCc3ccccc3C12. The molecule has 0 bridgehead atoms. The van der Waals surface area contributed by atoms with Crippen LogP contribution in [0.15, 0.2) is 24.3 Å². The predicted octanol–water partition coefficient (Wildman–Crippen LogP) is 2.16. The molecule has 0 heterocycles. The maximum atomic E-state index is 10.7. The van der Waals surface area contributed by atoms with E-state index in [1.54, 1.807) is 0 Å². The van der Waals surface area contributed by atoms with Gasteiger partial charge in [-0.15, -0.1) is 0 Å². The van der Waals surface area contributed by atoms with Gasteiger partial charge in [0.1, 0.15) is 6.29 Å². The molecule has 3 rings (SSSR count). The number of carbonyl (C=O) groups excluding carboxylic acids is 1. The van der Waals surface area contributed by atoms with E-state index in [1.807, 2.05) is 0 Å². The molecule has 1 saturated carbocycles. The Morgan fingerprint density at radius 3 is 3.00 bits per heavy atom. The first kappa shape index (κ1) is 7.31. The predicted molar refractivity (Wildman–Crippen MR) is 50.5 cm³/mol. The van der Waals surface area contributed by atoms with Crippen molar-refractivity contribution in [3.05, 3.63) is 35.4 Å². The molecule has 3 atom stereocenters. The topological polar surface area (TPSA) is 17.1 Å². The summed E-state index contributed by atoms with van der Waals surface area (Å²) in [4.78, 5) is 10.7. The van der Waals surface area contributed by atoms with Crippen molar-refractivity contribution >= 4 is 6.29 Å². The molecule has 0 saturated heterocycles. The zero-order chi connectivity index (χ0) is 8.84.